The molecule has 5 nitrogen and oxygen atoms in total. The van der Waals surface area contributed by atoms with Crippen LogP contribution in [-0.2, 0) is 4.74 Å². The molecule has 1 fully saturated rings. The van der Waals surface area contributed by atoms with Crippen LogP contribution in [0.3, 0.4) is 0 Å². The summed E-state index contributed by atoms with van der Waals surface area (Å²) in [5.41, 5.74) is 2.32. The standard InChI is InChI=1S/C22H28N3O2S/c1-25(13-10-24(11-14-25)12-16-27-17-15-26)22-18-6-2-4-8-20(18)28-21-9-5-3-7-19(21)23-22/h2-9,26H,10-17H2,1H3/q+1. The first kappa shape index (κ1) is 19.6. The second kappa shape index (κ2) is 8.76. The Morgan fingerprint density at radius 2 is 1.75 bits per heavy atom. The Bertz CT molecular complexity index is 847. The number of quaternary nitrogens is 1. The Labute approximate surface area is 171 Å². The van der Waals surface area contributed by atoms with E-state index in [1.807, 2.05) is 11.8 Å². The lowest BCUT2D eigenvalue weighted by Crippen LogP contribution is -2.60. The molecule has 0 unspecified atom stereocenters. The minimum atomic E-state index is 0.0910. The molecular weight excluding hydrogens is 370 g/mol. The number of amidine groups is 1. The van der Waals surface area contributed by atoms with E-state index in [0.29, 0.717) is 13.2 Å². The van der Waals surface area contributed by atoms with Crippen molar-refractivity contribution in [3.05, 3.63) is 54.1 Å². The van der Waals surface area contributed by atoms with Crippen molar-refractivity contribution in [2.24, 2.45) is 4.99 Å². The van der Waals surface area contributed by atoms with Crippen LogP contribution < -0.4 is 0 Å². The first-order valence-electron chi connectivity index (χ1n) is 9.91. The highest BCUT2D eigenvalue weighted by molar-refractivity contribution is 7.99. The lowest BCUT2D eigenvalue weighted by Gasteiger charge is -2.42. The monoisotopic (exact) mass is 398 g/mol. The molecule has 0 saturated carbocycles. The Morgan fingerprint density at radius 1 is 1.04 bits per heavy atom. The van der Waals surface area contributed by atoms with Gasteiger partial charge in [0.25, 0.3) is 0 Å². The molecule has 4 rings (SSSR count). The number of likely N-dealkylation sites (N-methyl/N-ethyl adjacent to an activating group) is 1. The second-order valence-electron chi connectivity index (χ2n) is 7.52. The molecule has 2 heterocycles. The van der Waals surface area contributed by atoms with Crippen molar-refractivity contribution in [1.82, 2.24) is 4.90 Å². The maximum Gasteiger partial charge on any atom is 0.236 e. The van der Waals surface area contributed by atoms with E-state index in [2.05, 4.69) is 60.5 Å². The van der Waals surface area contributed by atoms with Crippen LogP contribution in [0.5, 0.6) is 0 Å². The number of para-hydroxylation sites is 1. The summed E-state index contributed by atoms with van der Waals surface area (Å²) in [7, 11) is 2.31. The Kier molecular flexibility index (Phi) is 6.13. The molecule has 28 heavy (non-hydrogen) atoms. The van der Waals surface area contributed by atoms with E-state index < -0.39 is 0 Å². The minimum absolute atomic E-state index is 0.0910. The summed E-state index contributed by atoms with van der Waals surface area (Å²) in [5.74, 6) is 1.17. The molecule has 0 radical (unpaired) electrons. The third kappa shape index (κ3) is 4.16. The molecule has 0 aromatic heterocycles. The first-order chi connectivity index (χ1) is 13.7. The van der Waals surface area contributed by atoms with Gasteiger partial charge in [-0.15, -0.1) is 0 Å². The SMILES string of the molecule is C[N+]1(C2=Nc3ccccc3Sc3ccccc32)CCN(CCOCCO)CC1. The van der Waals surface area contributed by atoms with Gasteiger partial charge in [0.1, 0.15) is 0 Å². The number of hydrogen-bond donors (Lipinski definition) is 1. The third-order valence-electron chi connectivity index (χ3n) is 5.56. The number of nitrogens with zero attached hydrogens (tertiary/aromatic N) is 3. The zero-order valence-corrected chi connectivity index (χ0v) is 17.2. The van der Waals surface area contributed by atoms with Crippen LogP contribution in [0.4, 0.5) is 5.69 Å². The van der Waals surface area contributed by atoms with E-state index >= 15 is 0 Å². The van der Waals surface area contributed by atoms with Crippen molar-refractivity contribution in [1.29, 1.82) is 0 Å². The van der Waals surface area contributed by atoms with Crippen molar-refractivity contribution in [3.8, 4) is 0 Å². The van der Waals surface area contributed by atoms with Crippen molar-refractivity contribution >= 4 is 23.3 Å². The molecule has 1 saturated heterocycles. The maximum atomic E-state index is 8.83. The molecule has 2 aromatic carbocycles. The number of aliphatic hydroxyl groups excluding tert-OH is 1. The van der Waals surface area contributed by atoms with Gasteiger partial charge in [-0.05, 0) is 24.3 Å². The summed E-state index contributed by atoms with van der Waals surface area (Å²) < 4.78 is 6.28. The van der Waals surface area contributed by atoms with Crippen molar-refractivity contribution in [2.75, 3.05) is 59.6 Å². The fourth-order valence-corrected chi connectivity index (χ4v) is 4.84. The van der Waals surface area contributed by atoms with Gasteiger partial charge in [-0.1, -0.05) is 36.0 Å². The normalized spacial score (nSPS) is 18.7. The Morgan fingerprint density at radius 3 is 2.54 bits per heavy atom. The van der Waals surface area contributed by atoms with Crippen molar-refractivity contribution < 1.29 is 14.3 Å². The third-order valence-corrected chi connectivity index (χ3v) is 6.70. The van der Waals surface area contributed by atoms with Crippen LogP contribution in [0.1, 0.15) is 5.56 Å². The summed E-state index contributed by atoms with van der Waals surface area (Å²) in [5, 5.41) is 8.83. The van der Waals surface area contributed by atoms with Gasteiger partial charge in [0.2, 0.25) is 5.84 Å². The van der Waals surface area contributed by atoms with Crippen molar-refractivity contribution in [2.45, 2.75) is 9.79 Å². The van der Waals surface area contributed by atoms with Gasteiger partial charge in [-0.2, -0.15) is 4.99 Å². The smallest absolute Gasteiger partial charge is 0.236 e. The molecule has 148 valence electrons. The molecule has 2 aliphatic heterocycles. The van der Waals surface area contributed by atoms with Crippen LogP contribution >= 0.6 is 11.8 Å². The van der Waals surface area contributed by atoms with Gasteiger partial charge in [0, 0.05) is 29.4 Å². The van der Waals surface area contributed by atoms with Gasteiger partial charge in [-0.3, -0.25) is 9.38 Å². The van der Waals surface area contributed by atoms with Crippen LogP contribution in [0.15, 0.2) is 63.3 Å². The molecule has 2 aromatic rings. The quantitative estimate of drug-likeness (QED) is 0.621. The highest BCUT2D eigenvalue weighted by Crippen LogP contribution is 2.41. The number of ether oxygens (including phenoxy) is 1. The molecule has 0 aliphatic carbocycles. The average Bonchev–Trinajstić information content (AvgIpc) is 2.90. The van der Waals surface area contributed by atoms with E-state index in [1.165, 1.54) is 21.2 Å². The summed E-state index contributed by atoms with van der Waals surface area (Å²) in [4.78, 5) is 10.1. The van der Waals surface area contributed by atoms with Gasteiger partial charge in [0.05, 0.1) is 51.2 Å². The number of rotatable bonds is 5. The number of piperazine rings is 1. The van der Waals surface area contributed by atoms with Gasteiger partial charge in [-0.25, -0.2) is 0 Å². The number of aliphatic imine (C=N–C) groups is 1. The molecule has 0 atom stereocenters. The molecule has 0 bridgehead atoms. The van der Waals surface area contributed by atoms with Crippen LogP contribution in [0, 0.1) is 0 Å². The molecule has 6 heteroatoms. The average molecular weight is 399 g/mol. The summed E-state index contributed by atoms with van der Waals surface area (Å²) in [6, 6.07) is 17.1. The fraction of sp³-hybridized carbons (Fsp3) is 0.409. The molecule has 0 amide bonds. The summed E-state index contributed by atoms with van der Waals surface area (Å²) >= 11 is 1.81. The predicted molar refractivity (Wildman–Crippen MR) is 113 cm³/mol. The lowest BCUT2D eigenvalue weighted by atomic mass is 10.1. The van der Waals surface area contributed by atoms with Crippen LogP contribution in [-0.4, -0.2) is 79.9 Å². The highest BCUT2D eigenvalue weighted by atomic mass is 32.2. The van der Waals surface area contributed by atoms with E-state index in [-0.39, 0.29) is 6.61 Å². The zero-order chi connectivity index (χ0) is 19.4. The largest absolute Gasteiger partial charge is 0.394 e. The predicted octanol–water partition coefficient (Wildman–Crippen LogP) is 3.00. The molecule has 1 N–H and O–H groups in total. The molecule has 0 spiro atoms. The van der Waals surface area contributed by atoms with E-state index in [9.17, 15) is 0 Å². The fourth-order valence-electron chi connectivity index (χ4n) is 3.82. The lowest BCUT2D eigenvalue weighted by molar-refractivity contribution is -0.825. The number of aliphatic hydroxyl groups is 1. The van der Waals surface area contributed by atoms with Gasteiger partial charge >= 0.3 is 0 Å². The minimum Gasteiger partial charge on any atom is -0.394 e. The van der Waals surface area contributed by atoms with Crippen LogP contribution in [0.25, 0.3) is 0 Å². The van der Waals surface area contributed by atoms with E-state index in [1.54, 1.807) is 0 Å². The maximum absolute atomic E-state index is 8.83. The van der Waals surface area contributed by atoms with Crippen molar-refractivity contribution in [3.63, 3.8) is 0 Å². The second-order valence-corrected chi connectivity index (χ2v) is 8.61. The Balaban J connectivity index is 1.57. The molecule has 2 aliphatic rings. The number of hydrogen-bond acceptors (Lipinski definition) is 5. The number of benzene rings is 2. The summed E-state index contributed by atoms with van der Waals surface area (Å²) in [6.45, 7) is 6.21. The number of fused-ring (bicyclic) bond motifs is 2. The zero-order valence-electron chi connectivity index (χ0n) is 16.4. The molecular formula is C22H28N3O2S+. The highest BCUT2D eigenvalue weighted by Gasteiger charge is 2.37. The van der Waals surface area contributed by atoms with E-state index in [0.717, 1.165) is 42.9 Å². The van der Waals surface area contributed by atoms with Gasteiger partial charge in [0.15, 0.2) is 0 Å². The summed E-state index contributed by atoms with van der Waals surface area (Å²) in [6.07, 6.45) is 0. The topological polar surface area (TPSA) is 45.1 Å². The first-order valence-corrected chi connectivity index (χ1v) is 10.7. The Hall–Kier alpha value is -1.70. The van der Waals surface area contributed by atoms with Crippen LogP contribution in [0.2, 0.25) is 0 Å². The van der Waals surface area contributed by atoms with Gasteiger partial charge < -0.3 is 9.84 Å². The van der Waals surface area contributed by atoms with E-state index in [4.69, 9.17) is 14.8 Å².